The van der Waals surface area contributed by atoms with Crippen molar-refractivity contribution in [3.63, 3.8) is 0 Å². The molecule has 134 valence electrons. The normalized spacial score (nSPS) is 17.9. The van der Waals surface area contributed by atoms with Gasteiger partial charge in [-0.25, -0.2) is 4.39 Å². The van der Waals surface area contributed by atoms with E-state index in [4.69, 9.17) is 0 Å². The van der Waals surface area contributed by atoms with Gasteiger partial charge in [0.15, 0.2) is 5.69 Å². The van der Waals surface area contributed by atoms with E-state index in [-0.39, 0.29) is 17.6 Å². The van der Waals surface area contributed by atoms with Gasteiger partial charge in [-0.3, -0.25) is 9.89 Å². The maximum atomic E-state index is 13.2. The van der Waals surface area contributed by atoms with Crippen LogP contribution in [0.15, 0.2) is 47.8 Å². The lowest BCUT2D eigenvalue weighted by Gasteiger charge is -2.24. The number of benzene rings is 1. The molecule has 1 aromatic carbocycles. The van der Waals surface area contributed by atoms with Crippen LogP contribution in [-0.4, -0.2) is 34.1 Å². The maximum absolute atomic E-state index is 13.2. The van der Waals surface area contributed by atoms with Crippen LogP contribution in [0.2, 0.25) is 0 Å². The summed E-state index contributed by atoms with van der Waals surface area (Å²) in [6.07, 6.45) is 3.05. The molecule has 1 aliphatic rings. The van der Waals surface area contributed by atoms with E-state index in [0.717, 1.165) is 41.9 Å². The highest BCUT2D eigenvalue weighted by atomic mass is 32.1. The van der Waals surface area contributed by atoms with Gasteiger partial charge in [0.1, 0.15) is 5.82 Å². The number of hydrogen-bond donors (Lipinski definition) is 1. The minimum Gasteiger partial charge on any atom is -0.337 e. The van der Waals surface area contributed by atoms with Gasteiger partial charge in [-0.1, -0.05) is 24.6 Å². The Morgan fingerprint density at radius 2 is 2.08 bits per heavy atom. The predicted octanol–water partition coefficient (Wildman–Crippen LogP) is 4.69. The van der Waals surface area contributed by atoms with Gasteiger partial charge in [-0.05, 0) is 48.1 Å². The fourth-order valence-electron chi connectivity index (χ4n) is 3.48. The van der Waals surface area contributed by atoms with Crippen molar-refractivity contribution in [1.82, 2.24) is 15.1 Å². The zero-order valence-electron chi connectivity index (χ0n) is 14.3. The SMILES string of the molecule is O=C(c1cc(-c2cccs2)[nH]n1)N1CCCCC(c2ccc(F)cc2)C1. The first-order chi connectivity index (χ1) is 12.7. The highest BCUT2D eigenvalue weighted by Gasteiger charge is 2.25. The Hall–Kier alpha value is -2.47. The van der Waals surface area contributed by atoms with Gasteiger partial charge in [-0.15, -0.1) is 11.3 Å². The second-order valence-electron chi connectivity index (χ2n) is 6.64. The van der Waals surface area contributed by atoms with Crippen molar-refractivity contribution in [2.75, 3.05) is 13.1 Å². The molecule has 3 heterocycles. The van der Waals surface area contributed by atoms with Gasteiger partial charge in [-0.2, -0.15) is 5.10 Å². The number of aromatic amines is 1. The zero-order chi connectivity index (χ0) is 17.9. The lowest BCUT2D eigenvalue weighted by atomic mass is 9.94. The molecular weight excluding hydrogens is 349 g/mol. The van der Waals surface area contributed by atoms with E-state index < -0.39 is 0 Å². The van der Waals surface area contributed by atoms with Crippen molar-refractivity contribution in [3.8, 4) is 10.6 Å². The topological polar surface area (TPSA) is 49.0 Å². The number of rotatable bonds is 3. The number of carbonyl (C=O) groups is 1. The van der Waals surface area contributed by atoms with E-state index in [0.29, 0.717) is 12.2 Å². The number of carbonyl (C=O) groups excluding carboxylic acids is 1. The summed E-state index contributed by atoms with van der Waals surface area (Å²) >= 11 is 1.61. The Bertz CT molecular complexity index is 873. The summed E-state index contributed by atoms with van der Waals surface area (Å²) in [6.45, 7) is 1.38. The average Bonchev–Trinajstić information content (AvgIpc) is 3.29. The van der Waals surface area contributed by atoms with Crippen LogP contribution in [0, 0.1) is 5.82 Å². The molecule has 1 amide bonds. The highest BCUT2D eigenvalue weighted by Crippen LogP contribution is 2.28. The molecule has 0 aliphatic carbocycles. The van der Waals surface area contributed by atoms with Crippen LogP contribution in [0.5, 0.6) is 0 Å². The standard InChI is InChI=1S/C20H20FN3OS/c21-16-8-6-14(7-9-16)15-4-1-2-10-24(13-15)20(25)18-12-17(22-23-18)19-5-3-11-26-19/h3,5-9,11-12,15H,1-2,4,10,13H2,(H,22,23). The minimum absolute atomic E-state index is 0.0435. The number of nitrogens with one attached hydrogen (secondary N) is 1. The Morgan fingerprint density at radius 3 is 2.85 bits per heavy atom. The number of nitrogens with zero attached hydrogens (tertiary/aromatic N) is 2. The molecule has 0 radical (unpaired) electrons. The second kappa shape index (κ2) is 7.41. The third kappa shape index (κ3) is 3.55. The summed E-state index contributed by atoms with van der Waals surface area (Å²) in [7, 11) is 0. The van der Waals surface area contributed by atoms with Crippen LogP contribution < -0.4 is 0 Å². The van der Waals surface area contributed by atoms with Gasteiger partial charge < -0.3 is 4.90 Å². The summed E-state index contributed by atoms with van der Waals surface area (Å²) in [5, 5.41) is 9.19. The van der Waals surface area contributed by atoms with Crippen molar-refractivity contribution in [1.29, 1.82) is 0 Å². The lowest BCUT2D eigenvalue weighted by Crippen LogP contribution is -2.34. The first-order valence-electron chi connectivity index (χ1n) is 8.85. The van der Waals surface area contributed by atoms with E-state index in [2.05, 4.69) is 10.2 Å². The molecule has 3 aromatic rings. The summed E-state index contributed by atoms with van der Waals surface area (Å²) in [4.78, 5) is 15.9. The van der Waals surface area contributed by atoms with E-state index in [1.165, 1.54) is 12.1 Å². The van der Waals surface area contributed by atoms with E-state index >= 15 is 0 Å². The molecule has 1 N–H and O–H groups in total. The van der Waals surface area contributed by atoms with Crippen LogP contribution in [0.25, 0.3) is 10.6 Å². The molecule has 1 saturated heterocycles. The van der Waals surface area contributed by atoms with Crippen LogP contribution in [0.4, 0.5) is 4.39 Å². The highest BCUT2D eigenvalue weighted by molar-refractivity contribution is 7.13. The first kappa shape index (κ1) is 17.0. The summed E-state index contributed by atoms with van der Waals surface area (Å²) in [6, 6.07) is 12.5. The molecule has 1 aliphatic heterocycles. The second-order valence-corrected chi connectivity index (χ2v) is 7.59. The number of likely N-dealkylation sites (tertiary alicyclic amines) is 1. The lowest BCUT2D eigenvalue weighted by molar-refractivity contribution is 0.0748. The summed E-state index contributed by atoms with van der Waals surface area (Å²) in [5.74, 6) is -0.0382. The first-order valence-corrected chi connectivity index (χ1v) is 9.73. The average molecular weight is 369 g/mol. The van der Waals surface area contributed by atoms with Gasteiger partial charge in [0.2, 0.25) is 0 Å². The minimum atomic E-state index is -0.229. The quantitative estimate of drug-likeness (QED) is 0.728. The van der Waals surface area contributed by atoms with Gasteiger partial charge in [0, 0.05) is 19.0 Å². The Balaban J connectivity index is 1.52. The Morgan fingerprint density at radius 1 is 1.23 bits per heavy atom. The van der Waals surface area contributed by atoms with E-state index in [9.17, 15) is 9.18 Å². The van der Waals surface area contributed by atoms with Crippen molar-refractivity contribution < 1.29 is 9.18 Å². The van der Waals surface area contributed by atoms with Crippen molar-refractivity contribution in [2.45, 2.75) is 25.2 Å². The number of hydrogen-bond acceptors (Lipinski definition) is 3. The maximum Gasteiger partial charge on any atom is 0.274 e. The fourth-order valence-corrected chi connectivity index (χ4v) is 4.18. The molecule has 4 nitrogen and oxygen atoms in total. The van der Waals surface area contributed by atoms with Crippen molar-refractivity contribution >= 4 is 17.2 Å². The monoisotopic (exact) mass is 369 g/mol. The Kier molecular flexibility index (Phi) is 4.84. The number of thiophene rings is 1. The van der Waals surface area contributed by atoms with Crippen LogP contribution in [0.3, 0.4) is 0 Å². The van der Waals surface area contributed by atoms with Gasteiger partial charge in [0.05, 0.1) is 10.6 Å². The van der Waals surface area contributed by atoms with Crippen LogP contribution >= 0.6 is 11.3 Å². The van der Waals surface area contributed by atoms with Crippen LogP contribution in [0.1, 0.15) is 41.2 Å². The molecule has 26 heavy (non-hydrogen) atoms. The number of aromatic nitrogens is 2. The molecule has 1 unspecified atom stereocenters. The third-order valence-corrected chi connectivity index (χ3v) is 5.79. The third-order valence-electron chi connectivity index (χ3n) is 4.88. The molecule has 0 bridgehead atoms. The molecule has 6 heteroatoms. The smallest absolute Gasteiger partial charge is 0.274 e. The fraction of sp³-hybridized carbons (Fsp3) is 0.300. The molecule has 1 atom stereocenters. The molecule has 2 aromatic heterocycles. The largest absolute Gasteiger partial charge is 0.337 e. The predicted molar refractivity (Wildman–Crippen MR) is 101 cm³/mol. The number of H-pyrrole nitrogens is 1. The molecule has 0 saturated carbocycles. The number of amides is 1. The summed E-state index contributed by atoms with van der Waals surface area (Å²) in [5.41, 5.74) is 2.41. The number of halogens is 1. The zero-order valence-corrected chi connectivity index (χ0v) is 15.1. The van der Waals surface area contributed by atoms with Gasteiger partial charge in [0.25, 0.3) is 5.91 Å². The van der Waals surface area contributed by atoms with Crippen LogP contribution in [-0.2, 0) is 0 Å². The van der Waals surface area contributed by atoms with E-state index in [1.54, 1.807) is 11.3 Å². The molecule has 1 fully saturated rings. The molecule has 0 spiro atoms. The van der Waals surface area contributed by atoms with E-state index in [1.807, 2.05) is 40.6 Å². The van der Waals surface area contributed by atoms with Crippen molar-refractivity contribution in [2.24, 2.45) is 0 Å². The molecular formula is C20H20FN3OS. The summed E-state index contributed by atoms with van der Waals surface area (Å²) < 4.78 is 13.2. The molecule has 4 rings (SSSR count). The van der Waals surface area contributed by atoms with Crippen molar-refractivity contribution in [3.05, 3.63) is 64.9 Å². The Labute approximate surface area is 155 Å². The van der Waals surface area contributed by atoms with Gasteiger partial charge >= 0.3 is 0 Å².